The van der Waals surface area contributed by atoms with Crippen LogP contribution in [0, 0.1) is 11.3 Å². The molecule has 0 fully saturated rings. The van der Waals surface area contributed by atoms with E-state index in [1.165, 1.54) is 33.2 Å². The molecule has 2 aliphatic rings. The molecule has 6 aromatic carbocycles. The van der Waals surface area contributed by atoms with E-state index in [-0.39, 0.29) is 0 Å². The Labute approximate surface area is 272 Å². The summed E-state index contributed by atoms with van der Waals surface area (Å²) in [5, 5.41) is 12.4. The molecule has 2 aromatic heterocycles. The molecule has 0 saturated heterocycles. The number of pyridine rings is 1. The average Bonchev–Trinajstić information content (AvgIpc) is 3.63. The molecule has 8 aromatic rings. The summed E-state index contributed by atoms with van der Waals surface area (Å²) in [6.07, 6.45) is 3.83. The summed E-state index contributed by atoms with van der Waals surface area (Å²) in [4.78, 5) is 6.86. The Morgan fingerprint density at radius 2 is 1.19 bits per heavy atom. The second-order valence-corrected chi connectivity index (χ2v) is 12.3. The number of hydrogen-bond donors (Lipinski definition) is 0. The lowest BCUT2D eigenvalue weighted by atomic mass is 9.64. The lowest BCUT2D eigenvalue weighted by Gasteiger charge is -2.45. The lowest BCUT2D eigenvalue weighted by molar-refractivity contribution is 0.752. The van der Waals surface area contributed by atoms with Crippen molar-refractivity contribution in [1.29, 1.82) is 5.26 Å². The first-order chi connectivity index (χ1) is 23.3. The summed E-state index contributed by atoms with van der Waals surface area (Å²) in [5.41, 5.74) is 14.0. The Bertz CT molecular complexity index is 2520. The van der Waals surface area contributed by atoms with Gasteiger partial charge in [0.05, 0.1) is 39.5 Å². The topological polar surface area (TPSA) is 44.9 Å². The quantitative estimate of drug-likeness (QED) is 0.199. The zero-order valence-electron chi connectivity index (χ0n) is 25.3. The number of benzene rings is 6. The van der Waals surface area contributed by atoms with E-state index in [0.29, 0.717) is 5.56 Å². The maximum atomic E-state index is 10.0. The van der Waals surface area contributed by atoms with Crippen molar-refractivity contribution in [3.05, 3.63) is 186 Å². The standard InChI is InChI=1S/C43H26N4/c44-26-28-20-21-32-31-12-1-3-14-35(31)43(38(32)24-28)36-15-4-7-18-41(36)47(42-19-8-5-16-37(42)43)30-11-9-10-29(25-30)46-39-17-6-2-13-33(39)34-27-45-23-22-40(34)46/h1-25,27H. The molecule has 0 N–H and O–H groups in total. The van der Waals surface area contributed by atoms with Crippen molar-refractivity contribution < 1.29 is 0 Å². The predicted octanol–water partition coefficient (Wildman–Crippen LogP) is 10.2. The molecule has 218 valence electrons. The van der Waals surface area contributed by atoms with E-state index in [2.05, 4.69) is 160 Å². The van der Waals surface area contributed by atoms with Crippen molar-refractivity contribution in [2.24, 2.45) is 0 Å². The smallest absolute Gasteiger partial charge is 0.0991 e. The Morgan fingerprint density at radius 3 is 2.00 bits per heavy atom. The number of nitrogens with zero attached hydrogens (tertiary/aromatic N) is 4. The van der Waals surface area contributed by atoms with Crippen LogP contribution in [0.15, 0.2) is 158 Å². The van der Waals surface area contributed by atoms with Crippen LogP contribution >= 0.6 is 0 Å². The Kier molecular flexibility index (Phi) is 5.24. The van der Waals surface area contributed by atoms with Crippen LogP contribution in [-0.4, -0.2) is 9.55 Å². The molecule has 0 atom stereocenters. The minimum absolute atomic E-state index is 0.570. The minimum atomic E-state index is -0.570. The number of para-hydroxylation sites is 3. The fourth-order valence-electron chi connectivity index (χ4n) is 8.32. The molecule has 47 heavy (non-hydrogen) atoms. The second kappa shape index (κ2) is 9.53. The zero-order chi connectivity index (χ0) is 31.1. The normalized spacial score (nSPS) is 13.6. The van der Waals surface area contributed by atoms with Gasteiger partial charge < -0.3 is 9.47 Å². The highest BCUT2D eigenvalue weighted by atomic mass is 15.2. The third-order valence-corrected chi connectivity index (χ3v) is 10.1. The Balaban J connectivity index is 1.26. The fraction of sp³-hybridized carbons (Fsp3) is 0.0233. The average molecular weight is 599 g/mol. The van der Waals surface area contributed by atoms with E-state index in [9.17, 15) is 5.26 Å². The van der Waals surface area contributed by atoms with E-state index in [1.807, 2.05) is 18.5 Å². The largest absolute Gasteiger partial charge is 0.310 e. The molecule has 10 rings (SSSR count). The summed E-state index contributed by atoms with van der Waals surface area (Å²) in [7, 11) is 0. The number of hydrogen-bond acceptors (Lipinski definition) is 3. The fourth-order valence-corrected chi connectivity index (χ4v) is 8.32. The van der Waals surface area contributed by atoms with Gasteiger partial charge >= 0.3 is 0 Å². The van der Waals surface area contributed by atoms with Gasteiger partial charge in [-0.25, -0.2) is 0 Å². The van der Waals surface area contributed by atoms with Gasteiger partial charge in [-0.2, -0.15) is 5.26 Å². The van der Waals surface area contributed by atoms with Crippen molar-refractivity contribution in [2.75, 3.05) is 4.90 Å². The Hall–Kier alpha value is -6.44. The molecule has 4 heteroatoms. The molecule has 4 nitrogen and oxygen atoms in total. The molecule has 3 heterocycles. The lowest BCUT2D eigenvalue weighted by Crippen LogP contribution is -2.36. The molecule has 0 amide bonds. The number of fused-ring (bicyclic) bond motifs is 12. The number of aromatic nitrogens is 2. The van der Waals surface area contributed by atoms with Crippen LogP contribution in [0.5, 0.6) is 0 Å². The van der Waals surface area contributed by atoms with Crippen molar-refractivity contribution in [2.45, 2.75) is 5.41 Å². The van der Waals surface area contributed by atoms with Crippen molar-refractivity contribution in [3.8, 4) is 22.9 Å². The van der Waals surface area contributed by atoms with Crippen LogP contribution in [0.3, 0.4) is 0 Å². The van der Waals surface area contributed by atoms with Crippen molar-refractivity contribution in [1.82, 2.24) is 9.55 Å². The highest BCUT2D eigenvalue weighted by molar-refractivity contribution is 6.09. The van der Waals surface area contributed by atoms with Gasteiger partial charge in [-0.15, -0.1) is 0 Å². The molecule has 0 saturated carbocycles. The summed E-state index contributed by atoms with van der Waals surface area (Å²) in [5.74, 6) is 0. The molecular weight excluding hydrogens is 573 g/mol. The van der Waals surface area contributed by atoms with E-state index in [4.69, 9.17) is 0 Å². The number of anilines is 3. The van der Waals surface area contributed by atoms with Gasteiger partial charge in [0.2, 0.25) is 0 Å². The van der Waals surface area contributed by atoms with Gasteiger partial charge in [0.25, 0.3) is 0 Å². The number of rotatable bonds is 2. The monoisotopic (exact) mass is 598 g/mol. The maximum absolute atomic E-state index is 10.0. The highest BCUT2D eigenvalue weighted by Gasteiger charge is 2.51. The van der Waals surface area contributed by atoms with Gasteiger partial charge in [-0.05, 0) is 88.0 Å². The molecule has 1 aliphatic carbocycles. The van der Waals surface area contributed by atoms with Crippen LogP contribution in [0.1, 0.15) is 27.8 Å². The second-order valence-electron chi connectivity index (χ2n) is 12.3. The molecule has 0 unspecified atom stereocenters. The number of nitriles is 1. The van der Waals surface area contributed by atoms with Crippen LogP contribution in [0.4, 0.5) is 17.1 Å². The van der Waals surface area contributed by atoms with E-state index >= 15 is 0 Å². The van der Waals surface area contributed by atoms with E-state index < -0.39 is 5.41 Å². The van der Waals surface area contributed by atoms with Crippen molar-refractivity contribution in [3.63, 3.8) is 0 Å². The molecule has 0 bridgehead atoms. The third-order valence-electron chi connectivity index (χ3n) is 10.1. The van der Waals surface area contributed by atoms with Crippen LogP contribution in [-0.2, 0) is 5.41 Å². The molecule has 1 aliphatic heterocycles. The minimum Gasteiger partial charge on any atom is -0.310 e. The first-order valence-electron chi connectivity index (χ1n) is 15.9. The summed E-state index contributed by atoms with van der Waals surface area (Å²) in [6.45, 7) is 0. The van der Waals surface area contributed by atoms with Crippen LogP contribution < -0.4 is 4.90 Å². The molecule has 1 spiro atoms. The summed E-state index contributed by atoms with van der Waals surface area (Å²) in [6, 6.07) is 54.4. The van der Waals surface area contributed by atoms with Gasteiger partial charge in [0, 0.05) is 34.5 Å². The first-order valence-corrected chi connectivity index (χ1v) is 15.9. The van der Waals surface area contributed by atoms with Gasteiger partial charge in [-0.3, -0.25) is 4.98 Å². The first kappa shape index (κ1) is 25.8. The zero-order valence-corrected chi connectivity index (χ0v) is 25.3. The predicted molar refractivity (Wildman–Crippen MR) is 189 cm³/mol. The van der Waals surface area contributed by atoms with Gasteiger partial charge in [0.15, 0.2) is 0 Å². The van der Waals surface area contributed by atoms with Gasteiger partial charge in [0.1, 0.15) is 0 Å². The van der Waals surface area contributed by atoms with Crippen LogP contribution in [0.2, 0.25) is 0 Å². The Morgan fingerprint density at radius 1 is 0.532 bits per heavy atom. The third kappa shape index (κ3) is 3.32. The molecule has 0 radical (unpaired) electrons. The van der Waals surface area contributed by atoms with E-state index in [1.54, 1.807) is 0 Å². The summed E-state index contributed by atoms with van der Waals surface area (Å²) >= 11 is 0. The summed E-state index contributed by atoms with van der Waals surface area (Å²) < 4.78 is 2.34. The van der Waals surface area contributed by atoms with E-state index in [0.717, 1.165) is 44.7 Å². The SMILES string of the molecule is N#Cc1ccc2c(c1)C1(c3ccccc3-2)c2ccccc2N(c2cccc(-n3c4ccccc4c4cnccc43)c2)c2ccccc21. The highest BCUT2D eigenvalue weighted by Crippen LogP contribution is 2.63. The van der Waals surface area contributed by atoms with Crippen LogP contribution in [0.25, 0.3) is 38.6 Å². The molecular formula is C43H26N4. The van der Waals surface area contributed by atoms with Gasteiger partial charge in [-0.1, -0.05) is 91.0 Å². The maximum Gasteiger partial charge on any atom is 0.0991 e. The van der Waals surface area contributed by atoms with Crippen molar-refractivity contribution >= 4 is 38.9 Å².